The van der Waals surface area contributed by atoms with Crippen LogP contribution in [0.2, 0.25) is 0 Å². The molecule has 1 atom stereocenters. The van der Waals surface area contributed by atoms with E-state index < -0.39 is 0 Å². The molecule has 18 heavy (non-hydrogen) atoms. The normalized spacial score (nSPS) is 18.4. The number of anilines is 1. The van der Waals surface area contributed by atoms with Gasteiger partial charge in [-0.3, -0.25) is 4.68 Å². The van der Waals surface area contributed by atoms with Crippen LogP contribution in [0.1, 0.15) is 29.9 Å². The summed E-state index contributed by atoms with van der Waals surface area (Å²) in [6.07, 6.45) is 5.77. The van der Waals surface area contributed by atoms with Crippen LogP contribution in [0.25, 0.3) is 0 Å². The van der Waals surface area contributed by atoms with E-state index >= 15 is 0 Å². The van der Waals surface area contributed by atoms with E-state index in [0.717, 1.165) is 12.4 Å². The van der Waals surface area contributed by atoms with Gasteiger partial charge in [0.05, 0.1) is 0 Å². The molecule has 1 aromatic heterocycles. The van der Waals surface area contributed by atoms with Gasteiger partial charge in [0.25, 0.3) is 0 Å². The number of aromatic nitrogens is 2. The zero-order valence-corrected chi connectivity index (χ0v) is 10.8. The first-order valence-electron chi connectivity index (χ1n) is 6.64. The SMILES string of the molecule is Cn1ccc(NCC2CCCc3ccccc32)n1. The van der Waals surface area contributed by atoms with Crippen molar-refractivity contribution in [2.75, 3.05) is 11.9 Å². The molecule has 0 saturated carbocycles. The largest absolute Gasteiger partial charge is 0.368 e. The van der Waals surface area contributed by atoms with Crippen LogP contribution in [0.5, 0.6) is 0 Å². The molecule has 0 radical (unpaired) electrons. The third kappa shape index (κ3) is 2.26. The van der Waals surface area contributed by atoms with E-state index in [2.05, 4.69) is 34.7 Å². The minimum Gasteiger partial charge on any atom is -0.368 e. The molecule has 1 aliphatic rings. The van der Waals surface area contributed by atoms with Crippen LogP contribution in [0, 0.1) is 0 Å². The Hall–Kier alpha value is -1.77. The predicted molar refractivity (Wildman–Crippen MR) is 73.8 cm³/mol. The van der Waals surface area contributed by atoms with Crippen LogP contribution in [0.15, 0.2) is 36.5 Å². The average Bonchev–Trinajstić information content (AvgIpc) is 2.82. The molecule has 1 aliphatic carbocycles. The van der Waals surface area contributed by atoms with Crippen LogP contribution in [-0.2, 0) is 13.5 Å². The molecule has 3 nitrogen and oxygen atoms in total. The number of rotatable bonds is 3. The molecule has 1 N–H and O–H groups in total. The lowest BCUT2D eigenvalue weighted by Gasteiger charge is -2.25. The minimum atomic E-state index is 0.622. The van der Waals surface area contributed by atoms with E-state index in [1.165, 1.54) is 30.4 Å². The molecule has 0 aliphatic heterocycles. The van der Waals surface area contributed by atoms with Gasteiger partial charge >= 0.3 is 0 Å². The Kier molecular flexibility index (Phi) is 3.05. The van der Waals surface area contributed by atoms with Gasteiger partial charge in [-0.1, -0.05) is 24.3 Å². The topological polar surface area (TPSA) is 29.9 Å². The third-order valence-corrected chi connectivity index (χ3v) is 3.74. The van der Waals surface area contributed by atoms with E-state index in [1.807, 2.05) is 24.0 Å². The first kappa shape index (κ1) is 11.3. The second kappa shape index (κ2) is 4.84. The monoisotopic (exact) mass is 241 g/mol. The molecule has 1 heterocycles. The maximum atomic E-state index is 4.36. The molecule has 0 bridgehead atoms. The van der Waals surface area contributed by atoms with Crippen molar-refractivity contribution >= 4 is 5.82 Å². The van der Waals surface area contributed by atoms with E-state index in [9.17, 15) is 0 Å². The summed E-state index contributed by atoms with van der Waals surface area (Å²) in [6, 6.07) is 10.9. The Labute approximate surface area is 108 Å². The number of fused-ring (bicyclic) bond motifs is 1. The van der Waals surface area contributed by atoms with Crippen molar-refractivity contribution in [2.24, 2.45) is 7.05 Å². The molecular formula is C15H19N3. The lowest BCUT2D eigenvalue weighted by Crippen LogP contribution is -2.18. The molecule has 0 amide bonds. The van der Waals surface area contributed by atoms with Crippen molar-refractivity contribution < 1.29 is 0 Å². The average molecular weight is 241 g/mol. The number of benzene rings is 1. The zero-order valence-electron chi connectivity index (χ0n) is 10.8. The highest BCUT2D eigenvalue weighted by molar-refractivity contribution is 5.37. The van der Waals surface area contributed by atoms with Gasteiger partial charge in [-0.25, -0.2) is 0 Å². The lowest BCUT2D eigenvalue weighted by atomic mass is 9.83. The highest BCUT2D eigenvalue weighted by Crippen LogP contribution is 2.31. The number of hydrogen-bond acceptors (Lipinski definition) is 2. The van der Waals surface area contributed by atoms with Crippen molar-refractivity contribution in [3.05, 3.63) is 47.7 Å². The van der Waals surface area contributed by atoms with Gasteiger partial charge in [0.15, 0.2) is 0 Å². The van der Waals surface area contributed by atoms with Gasteiger partial charge < -0.3 is 5.32 Å². The van der Waals surface area contributed by atoms with Crippen molar-refractivity contribution in [1.29, 1.82) is 0 Å². The minimum absolute atomic E-state index is 0.622. The second-order valence-electron chi connectivity index (χ2n) is 5.04. The number of hydrogen-bond donors (Lipinski definition) is 1. The Bertz CT molecular complexity index is 530. The number of aryl methyl sites for hydroxylation is 2. The fourth-order valence-corrected chi connectivity index (χ4v) is 2.80. The highest BCUT2D eigenvalue weighted by atomic mass is 15.3. The summed E-state index contributed by atoms with van der Waals surface area (Å²) >= 11 is 0. The van der Waals surface area contributed by atoms with E-state index in [1.54, 1.807) is 0 Å². The summed E-state index contributed by atoms with van der Waals surface area (Å²) in [6.45, 7) is 0.980. The molecular weight excluding hydrogens is 222 g/mol. The smallest absolute Gasteiger partial charge is 0.147 e. The summed E-state index contributed by atoms with van der Waals surface area (Å²) in [7, 11) is 1.95. The predicted octanol–water partition coefficient (Wildman–Crippen LogP) is 2.95. The Morgan fingerprint density at radius 3 is 3.06 bits per heavy atom. The molecule has 94 valence electrons. The molecule has 0 spiro atoms. The third-order valence-electron chi connectivity index (χ3n) is 3.74. The van der Waals surface area contributed by atoms with Crippen LogP contribution >= 0.6 is 0 Å². The van der Waals surface area contributed by atoms with Crippen molar-refractivity contribution in [2.45, 2.75) is 25.2 Å². The lowest BCUT2D eigenvalue weighted by molar-refractivity contribution is 0.570. The summed E-state index contributed by atoms with van der Waals surface area (Å²) in [5.74, 6) is 1.59. The van der Waals surface area contributed by atoms with Crippen LogP contribution in [-0.4, -0.2) is 16.3 Å². The fraction of sp³-hybridized carbons (Fsp3) is 0.400. The van der Waals surface area contributed by atoms with E-state index in [4.69, 9.17) is 0 Å². The maximum Gasteiger partial charge on any atom is 0.147 e. The van der Waals surface area contributed by atoms with Gasteiger partial charge in [0.2, 0.25) is 0 Å². The van der Waals surface area contributed by atoms with Crippen molar-refractivity contribution in [1.82, 2.24) is 9.78 Å². The van der Waals surface area contributed by atoms with Gasteiger partial charge in [-0.05, 0) is 30.4 Å². The molecule has 0 fully saturated rings. The first-order chi connectivity index (χ1) is 8.83. The highest BCUT2D eigenvalue weighted by Gasteiger charge is 2.19. The zero-order chi connectivity index (χ0) is 12.4. The van der Waals surface area contributed by atoms with E-state index in [0.29, 0.717) is 5.92 Å². The van der Waals surface area contributed by atoms with E-state index in [-0.39, 0.29) is 0 Å². The summed E-state index contributed by atoms with van der Waals surface area (Å²) in [4.78, 5) is 0. The fourth-order valence-electron chi connectivity index (χ4n) is 2.80. The summed E-state index contributed by atoms with van der Waals surface area (Å²) < 4.78 is 1.83. The summed E-state index contributed by atoms with van der Waals surface area (Å²) in [5.41, 5.74) is 3.05. The quantitative estimate of drug-likeness (QED) is 0.895. The molecule has 3 rings (SSSR count). The second-order valence-corrected chi connectivity index (χ2v) is 5.04. The van der Waals surface area contributed by atoms with Crippen molar-refractivity contribution in [3.8, 4) is 0 Å². The van der Waals surface area contributed by atoms with Gasteiger partial charge in [0, 0.05) is 31.8 Å². The molecule has 3 heteroatoms. The van der Waals surface area contributed by atoms with Gasteiger partial charge in [0.1, 0.15) is 5.82 Å². The number of nitrogens with zero attached hydrogens (tertiary/aromatic N) is 2. The summed E-state index contributed by atoms with van der Waals surface area (Å²) in [5, 5.41) is 7.80. The van der Waals surface area contributed by atoms with Gasteiger partial charge in [-0.2, -0.15) is 5.10 Å². The van der Waals surface area contributed by atoms with Crippen molar-refractivity contribution in [3.63, 3.8) is 0 Å². The van der Waals surface area contributed by atoms with Crippen LogP contribution < -0.4 is 5.32 Å². The van der Waals surface area contributed by atoms with Crippen LogP contribution in [0.3, 0.4) is 0 Å². The standard InChI is InChI=1S/C15H19N3/c1-18-10-9-15(17-18)16-11-13-7-4-6-12-5-2-3-8-14(12)13/h2-3,5,8-10,13H,4,6-7,11H2,1H3,(H,16,17). The molecule has 2 aromatic rings. The first-order valence-corrected chi connectivity index (χ1v) is 6.64. The van der Waals surface area contributed by atoms with Gasteiger partial charge in [-0.15, -0.1) is 0 Å². The molecule has 1 aromatic carbocycles. The maximum absolute atomic E-state index is 4.36. The number of nitrogens with one attached hydrogen (secondary N) is 1. The van der Waals surface area contributed by atoms with Crippen LogP contribution in [0.4, 0.5) is 5.82 Å². The Morgan fingerprint density at radius 2 is 2.22 bits per heavy atom. The molecule has 1 unspecified atom stereocenters. The molecule has 0 saturated heterocycles. The Balaban J connectivity index is 1.71. The Morgan fingerprint density at radius 1 is 1.33 bits per heavy atom.